The van der Waals surface area contributed by atoms with E-state index in [2.05, 4.69) is 27.2 Å². The zero-order chi connectivity index (χ0) is 12.3. The number of anilines is 1. The molecule has 0 aliphatic heterocycles. The summed E-state index contributed by atoms with van der Waals surface area (Å²) in [6, 6.07) is 4.08. The van der Waals surface area contributed by atoms with Gasteiger partial charge >= 0.3 is 0 Å². The highest BCUT2D eigenvalue weighted by atomic mass is 35.5. The van der Waals surface area contributed by atoms with Crippen LogP contribution in [-0.2, 0) is 0 Å². The van der Waals surface area contributed by atoms with Crippen molar-refractivity contribution in [2.75, 3.05) is 5.32 Å². The first-order chi connectivity index (χ1) is 8.18. The molecule has 1 N–H and O–H groups in total. The van der Waals surface area contributed by atoms with Crippen LogP contribution in [0.25, 0.3) is 0 Å². The SMILES string of the molecule is Cc1c(Cl)ncnc1NC(C)c1ccncc1. The van der Waals surface area contributed by atoms with Gasteiger partial charge in [-0.2, -0.15) is 0 Å². The monoisotopic (exact) mass is 248 g/mol. The molecule has 0 spiro atoms. The molecule has 4 nitrogen and oxygen atoms in total. The summed E-state index contributed by atoms with van der Waals surface area (Å²) in [5, 5.41) is 3.78. The lowest BCUT2D eigenvalue weighted by atomic mass is 10.1. The molecule has 0 amide bonds. The van der Waals surface area contributed by atoms with Gasteiger partial charge in [0.05, 0.1) is 6.04 Å². The van der Waals surface area contributed by atoms with Gasteiger partial charge in [0, 0.05) is 18.0 Å². The van der Waals surface area contributed by atoms with Crippen molar-refractivity contribution in [1.82, 2.24) is 15.0 Å². The third kappa shape index (κ3) is 2.71. The van der Waals surface area contributed by atoms with Gasteiger partial charge in [0.25, 0.3) is 0 Å². The van der Waals surface area contributed by atoms with Crippen molar-refractivity contribution in [3.05, 3.63) is 47.1 Å². The Balaban J connectivity index is 2.19. The van der Waals surface area contributed by atoms with Gasteiger partial charge in [0.1, 0.15) is 17.3 Å². The summed E-state index contributed by atoms with van der Waals surface area (Å²) in [6.45, 7) is 3.95. The molecular formula is C12H13ClN4. The largest absolute Gasteiger partial charge is 0.363 e. The molecular weight excluding hydrogens is 236 g/mol. The fraction of sp³-hybridized carbons (Fsp3) is 0.250. The maximum atomic E-state index is 5.94. The lowest BCUT2D eigenvalue weighted by molar-refractivity contribution is 0.864. The predicted octanol–water partition coefficient (Wildman–Crippen LogP) is 3.01. The lowest BCUT2D eigenvalue weighted by Crippen LogP contribution is -2.09. The molecule has 0 aliphatic rings. The molecule has 0 fully saturated rings. The first kappa shape index (κ1) is 11.8. The Hall–Kier alpha value is -1.68. The Morgan fingerprint density at radius 2 is 1.94 bits per heavy atom. The maximum absolute atomic E-state index is 5.94. The minimum absolute atomic E-state index is 0.141. The van der Waals surface area contributed by atoms with Crippen LogP contribution in [0.15, 0.2) is 30.9 Å². The molecule has 0 aromatic carbocycles. The summed E-state index contributed by atoms with van der Waals surface area (Å²) in [5.74, 6) is 0.759. The Morgan fingerprint density at radius 1 is 1.24 bits per heavy atom. The van der Waals surface area contributed by atoms with E-state index in [0.717, 1.165) is 16.9 Å². The van der Waals surface area contributed by atoms with E-state index in [1.165, 1.54) is 6.33 Å². The van der Waals surface area contributed by atoms with Crippen molar-refractivity contribution < 1.29 is 0 Å². The number of halogens is 1. The summed E-state index contributed by atoms with van der Waals surface area (Å²) in [4.78, 5) is 12.1. The molecule has 0 radical (unpaired) electrons. The van der Waals surface area contributed by atoms with Gasteiger partial charge in [-0.25, -0.2) is 9.97 Å². The zero-order valence-corrected chi connectivity index (χ0v) is 10.4. The maximum Gasteiger partial charge on any atom is 0.137 e. The highest BCUT2D eigenvalue weighted by Gasteiger charge is 2.09. The van der Waals surface area contributed by atoms with Crippen molar-refractivity contribution in [1.29, 1.82) is 0 Å². The van der Waals surface area contributed by atoms with E-state index in [1.807, 2.05) is 19.1 Å². The average molecular weight is 249 g/mol. The Morgan fingerprint density at radius 3 is 2.65 bits per heavy atom. The number of nitrogens with one attached hydrogen (secondary N) is 1. The number of hydrogen-bond donors (Lipinski definition) is 1. The second-order valence-corrected chi connectivity index (χ2v) is 4.14. The van der Waals surface area contributed by atoms with E-state index in [0.29, 0.717) is 5.15 Å². The van der Waals surface area contributed by atoms with Gasteiger partial charge in [0.15, 0.2) is 0 Å². The van der Waals surface area contributed by atoms with Crippen molar-refractivity contribution in [2.24, 2.45) is 0 Å². The van der Waals surface area contributed by atoms with Gasteiger partial charge < -0.3 is 5.32 Å². The number of pyridine rings is 1. The average Bonchev–Trinajstić information content (AvgIpc) is 2.36. The molecule has 1 unspecified atom stereocenters. The quantitative estimate of drug-likeness (QED) is 0.849. The van der Waals surface area contributed by atoms with Gasteiger partial charge in [-0.05, 0) is 31.5 Å². The molecule has 2 heterocycles. The van der Waals surface area contributed by atoms with Gasteiger partial charge in [-0.3, -0.25) is 4.98 Å². The van der Waals surface area contributed by atoms with E-state index >= 15 is 0 Å². The van der Waals surface area contributed by atoms with E-state index in [-0.39, 0.29) is 6.04 Å². The van der Waals surface area contributed by atoms with Crippen molar-refractivity contribution in [3.8, 4) is 0 Å². The molecule has 2 rings (SSSR count). The second-order valence-electron chi connectivity index (χ2n) is 3.78. The van der Waals surface area contributed by atoms with Gasteiger partial charge in [-0.1, -0.05) is 11.6 Å². The van der Waals surface area contributed by atoms with Crippen LogP contribution < -0.4 is 5.32 Å². The zero-order valence-electron chi connectivity index (χ0n) is 9.68. The van der Waals surface area contributed by atoms with Gasteiger partial charge in [-0.15, -0.1) is 0 Å². The highest BCUT2D eigenvalue weighted by molar-refractivity contribution is 6.30. The van der Waals surface area contributed by atoms with E-state index < -0.39 is 0 Å². The Kier molecular flexibility index (Phi) is 3.54. The van der Waals surface area contributed by atoms with Gasteiger partial charge in [0.2, 0.25) is 0 Å². The summed E-state index contributed by atoms with van der Waals surface area (Å²) < 4.78 is 0. The molecule has 2 aromatic heterocycles. The Bertz CT molecular complexity index is 501. The third-order valence-electron chi connectivity index (χ3n) is 2.58. The fourth-order valence-electron chi connectivity index (χ4n) is 1.51. The van der Waals surface area contributed by atoms with E-state index in [1.54, 1.807) is 12.4 Å². The van der Waals surface area contributed by atoms with Crippen LogP contribution in [0.4, 0.5) is 5.82 Å². The summed E-state index contributed by atoms with van der Waals surface area (Å²) in [7, 11) is 0. The van der Waals surface area contributed by atoms with Crippen LogP contribution in [0.3, 0.4) is 0 Å². The molecule has 0 saturated carbocycles. The van der Waals surface area contributed by atoms with Crippen LogP contribution in [-0.4, -0.2) is 15.0 Å². The first-order valence-corrected chi connectivity index (χ1v) is 5.70. The molecule has 1 atom stereocenters. The molecule has 0 bridgehead atoms. The van der Waals surface area contributed by atoms with Crippen molar-refractivity contribution in [2.45, 2.75) is 19.9 Å². The minimum atomic E-state index is 0.141. The summed E-state index contributed by atoms with van der Waals surface area (Å²) in [6.07, 6.45) is 5.00. The molecule has 0 saturated heterocycles. The van der Waals surface area contributed by atoms with Crippen LogP contribution in [0, 0.1) is 6.92 Å². The molecule has 5 heteroatoms. The van der Waals surface area contributed by atoms with Crippen LogP contribution in [0.5, 0.6) is 0 Å². The standard InChI is InChI=1S/C12H13ClN4/c1-8-11(13)15-7-16-12(8)17-9(2)10-3-5-14-6-4-10/h3-7,9H,1-2H3,(H,15,16,17). The topological polar surface area (TPSA) is 50.7 Å². The number of aromatic nitrogens is 3. The van der Waals surface area contributed by atoms with Crippen LogP contribution in [0.2, 0.25) is 5.15 Å². The number of hydrogen-bond acceptors (Lipinski definition) is 4. The van der Waals surface area contributed by atoms with E-state index in [9.17, 15) is 0 Å². The van der Waals surface area contributed by atoms with E-state index in [4.69, 9.17) is 11.6 Å². The minimum Gasteiger partial charge on any atom is -0.363 e. The summed E-state index contributed by atoms with van der Waals surface area (Å²) >= 11 is 5.94. The van der Waals surface area contributed by atoms with Crippen LogP contribution in [0.1, 0.15) is 24.1 Å². The highest BCUT2D eigenvalue weighted by Crippen LogP contribution is 2.22. The lowest BCUT2D eigenvalue weighted by Gasteiger charge is -2.16. The number of nitrogens with zero attached hydrogens (tertiary/aromatic N) is 3. The Labute approximate surface area is 105 Å². The van der Waals surface area contributed by atoms with Crippen molar-refractivity contribution >= 4 is 17.4 Å². The number of rotatable bonds is 3. The molecule has 88 valence electrons. The molecule has 2 aromatic rings. The smallest absolute Gasteiger partial charge is 0.137 e. The molecule has 17 heavy (non-hydrogen) atoms. The normalized spacial score (nSPS) is 12.2. The van der Waals surface area contributed by atoms with Crippen molar-refractivity contribution in [3.63, 3.8) is 0 Å². The third-order valence-corrected chi connectivity index (χ3v) is 2.96. The fourth-order valence-corrected chi connectivity index (χ4v) is 1.65. The van der Waals surface area contributed by atoms with Crippen LogP contribution >= 0.6 is 11.6 Å². The first-order valence-electron chi connectivity index (χ1n) is 5.32. The predicted molar refractivity (Wildman–Crippen MR) is 68.1 cm³/mol. The molecule has 0 aliphatic carbocycles. The second kappa shape index (κ2) is 5.10. The summed E-state index contributed by atoms with van der Waals surface area (Å²) in [5.41, 5.74) is 2.00.